The maximum absolute atomic E-state index is 12.5. The zero-order valence-corrected chi connectivity index (χ0v) is 14.9. The minimum Gasteiger partial charge on any atom is -0.508 e. The molecule has 0 spiro atoms. The van der Waals surface area contributed by atoms with Gasteiger partial charge in [-0.05, 0) is 24.3 Å². The van der Waals surface area contributed by atoms with E-state index in [0.717, 1.165) is 6.07 Å². The number of aliphatic hydroxyl groups excluding tert-OH is 3. The second kappa shape index (κ2) is 7.37. The number of phenols is 2. The summed E-state index contributed by atoms with van der Waals surface area (Å²) in [7, 11) is 0. The summed E-state index contributed by atoms with van der Waals surface area (Å²) in [4.78, 5) is 12.5. The van der Waals surface area contributed by atoms with Gasteiger partial charge in [-0.3, -0.25) is 4.79 Å². The van der Waals surface area contributed by atoms with Crippen molar-refractivity contribution in [3.05, 3.63) is 52.7 Å². The second-order valence-corrected chi connectivity index (χ2v) is 6.71. The van der Waals surface area contributed by atoms with Gasteiger partial charge in [-0.25, -0.2) is 0 Å². The van der Waals surface area contributed by atoms with E-state index in [4.69, 9.17) is 13.9 Å². The van der Waals surface area contributed by atoms with Crippen molar-refractivity contribution in [1.82, 2.24) is 0 Å². The van der Waals surface area contributed by atoms with Gasteiger partial charge in [0, 0.05) is 23.8 Å². The zero-order valence-electron chi connectivity index (χ0n) is 14.9. The van der Waals surface area contributed by atoms with Gasteiger partial charge in [0.25, 0.3) is 0 Å². The first-order valence-electron chi connectivity index (χ1n) is 8.76. The number of hydrogen-bond donors (Lipinski definition) is 5. The van der Waals surface area contributed by atoms with E-state index < -0.39 is 35.8 Å². The summed E-state index contributed by atoms with van der Waals surface area (Å²) in [5, 5.41) is 48.9. The van der Waals surface area contributed by atoms with Crippen molar-refractivity contribution in [1.29, 1.82) is 0 Å². The van der Waals surface area contributed by atoms with Crippen molar-refractivity contribution in [3.8, 4) is 28.6 Å². The number of hydrogen-bond acceptors (Lipinski definition) is 9. The molecule has 152 valence electrons. The van der Waals surface area contributed by atoms with Crippen LogP contribution < -0.4 is 10.2 Å². The number of benzene rings is 2. The van der Waals surface area contributed by atoms with E-state index in [9.17, 15) is 30.3 Å². The van der Waals surface area contributed by atoms with Gasteiger partial charge < -0.3 is 39.4 Å². The molecule has 1 aliphatic heterocycles. The Morgan fingerprint density at radius 1 is 0.966 bits per heavy atom. The molecule has 4 atom stereocenters. The van der Waals surface area contributed by atoms with E-state index in [2.05, 4.69) is 0 Å². The lowest BCUT2D eigenvalue weighted by atomic mass is 10.1. The highest BCUT2D eigenvalue weighted by Gasteiger charge is 2.39. The molecule has 0 aliphatic carbocycles. The molecular weight excluding hydrogens is 384 g/mol. The Hall–Kier alpha value is -3.11. The quantitative estimate of drug-likeness (QED) is 0.426. The Labute approximate surface area is 163 Å². The minimum atomic E-state index is -1.52. The Kier molecular flexibility index (Phi) is 4.89. The number of fused-ring (bicyclic) bond motifs is 1. The van der Waals surface area contributed by atoms with Crippen molar-refractivity contribution in [2.24, 2.45) is 0 Å². The summed E-state index contributed by atoms with van der Waals surface area (Å²) in [5.41, 5.74) is 0.0862. The number of aliphatic hydroxyl groups is 3. The van der Waals surface area contributed by atoms with Crippen molar-refractivity contribution in [3.63, 3.8) is 0 Å². The van der Waals surface area contributed by atoms with E-state index in [1.165, 1.54) is 24.3 Å². The minimum absolute atomic E-state index is 0.0219. The van der Waals surface area contributed by atoms with Crippen LogP contribution in [0.15, 0.2) is 51.7 Å². The summed E-state index contributed by atoms with van der Waals surface area (Å²) in [6, 6.07) is 9.74. The van der Waals surface area contributed by atoms with Gasteiger partial charge in [0.05, 0.1) is 6.61 Å². The lowest BCUT2D eigenvalue weighted by Crippen LogP contribution is -2.54. The zero-order chi connectivity index (χ0) is 20.7. The summed E-state index contributed by atoms with van der Waals surface area (Å²) in [6.07, 6.45) is -5.52. The molecule has 1 aromatic heterocycles. The molecule has 0 radical (unpaired) electrons. The van der Waals surface area contributed by atoms with Gasteiger partial charge in [0.15, 0.2) is 5.43 Å². The van der Waals surface area contributed by atoms with Crippen LogP contribution in [-0.2, 0) is 4.74 Å². The van der Waals surface area contributed by atoms with Crippen LogP contribution in [0.4, 0.5) is 0 Å². The summed E-state index contributed by atoms with van der Waals surface area (Å²) >= 11 is 0. The molecule has 4 rings (SSSR count). The average Bonchev–Trinajstić information content (AvgIpc) is 2.68. The Morgan fingerprint density at radius 3 is 2.41 bits per heavy atom. The van der Waals surface area contributed by atoms with Gasteiger partial charge >= 0.3 is 0 Å². The molecule has 1 aliphatic rings. The second-order valence-electron chi connectivity index (χ2n) is 6.71. The number of phenolic OH excluding ortho intramolecular Hbond substituents is 2. The topological polar surface area (TPSA) is 150 Å². The summed E-state index contributed by atoms with van der Waals surface area (Å²) in [6.45, 7) is -0.247. The average molecular weight is 402 g/mol. The molecular formula is C20H18O9. The smallest absolute Gasteiger partial charge is 0.228 e. The predicted octanol–water partition coefficient (Wildman–Crippen LogP) is 0.689. The van der Waals surface area contributed by atoms with Crippen LogP contribution in [0.2, 0.25) is 0 Å². The van der Waals surface area contributed by atoms with Gasteiger partial charge in [-0.15, -0.1) is 0 Å². The van der Waals surface area contributed by atoms with E-state index in [1.54, 1.807) is 12.1 Å². The van der Waals surface area contributed by atoms with Gasteiger partial charge in [-0.1, -0.05) is 0 Å². The SMILES string of the molecule is O=c1cc(-c2ccc(O)cc2)oc2cc(O[C@@H]3OC[C@H](O)[C@H](O)[C@@H]3O)cc(O)c12. The molecule has 9 nitrogen and oxygen atoms in total. The number of ether oxygens (including phenoxy) is 2. The third-order valence-electron chi connectivity index (χ3n) is 4.64. The summed E-state index contributed by atoms with van der Waals surface area (Å²) in [5.74, 6) is -0.0989. The first-order chi connectivity index (χ1) is 13.8. The van der Waals surface area contributed by atoms with E-state index >= 15 is 0 Å². The van der Waals surface area contributed by atoms with Crippen molar-refractivity contribution in [2.75, 3.05) is 6.61 Å². The highest BCUT2D eigenvalue weighted by atomic mass is 16.7. The molecule has 1 saturated heterocycles. The molecule has 0 saturated carbocycles. The third-order valence-corrected chi connectivity index (χ3v) is 4.64. The van der Waals surface area contributed by atoms with Gasteiger partial charge in [0.2, 0.25) is 6.29 Å². The van der Waals surface area contributed by atoms with Gasteiger partial charge in [-0.2, -0.15) is 0 Å². The first kappa shape index (κ1) is 19.2. The molecule has 3 aromatic rings. The van der Waals surface area contributed by atoms with Crippen molar-refractivity contribution < 1.29 is 39.4 Å². The lowest BCUT2D eigenvalue weighted by Gasteiger charge is -2.34. The highest BCUT2D eigenvalue weighted by Crippen LogP contribution is 2.32. The van der Waals surface area contributed by atoms with Crippen LogP contribution in [0.1, 0.15) is 0 Å². The van der Waals surface area contributed by atoms with E-state index in [0.29, 0.717) is 5.56 Å². The molecule has 9 heteroatoms. The third kappa shape index (κ3) is 3.64. The molecule has 5 N–H and O–H groups in total. The molecule has 1 fully saturated rings. The molecule has 0 bridgehead atoms. The fourth-order valence-corrected chi connectivity index (χ4v) is 3.10. The van der Waals surface area contributed by atoms with Gasteiger partial charge in [0.1, 0.15) is 52.3 Å². The molecule has 2 heterocycles. The molecule has 29 heavy (non-hydrogen) atoms. The fourth-order valence-electron chi connectivity index (χ4n) is 3.10. The van der Waals surface area contributed by atoms with E-state index in [1.807, 2.05) is 0 Å². The standard InChI is InChI=1S/C20H18O9/c21-10-3-1-9(2-4-10)15-7-13(23)17-12(22)5-11(6-16(17)29-15)28-20-19(26)18(25)14(24)8-27-20/h1-7,14,18-22,24-26H,8H2/t14-,18-,19-,20-/m0/s1. The number of aromatic hydroxyl groups is 2. The van der Waals surface area contributed by atoms with E-state index in [-0.39, 0.29) is 34.8 Å². The van der Waals surface area contributed by atoms with Crippen LogP contribution in [0.5, 0.6) is 17.2 Å². The Bertz CT molecular complexity index is 1090. The molecule has 2 aromatic carbocycles. The molecule has 0 amide bonds. The maximum atomic E-state index is 12.5. The Balaban J connectivity index is 1.71. The first-order valence-corrected chi connectivity index (χ1v) is 8.76. The van der Waals surface area contributed by atoms with Crippen LogP contribution in [-0.4, -0.2) is 56.7 Å². The van der Waals surface area contributed by atoms with Crippen LogP contribution in [0, 0.1) is 0 Å². The maximum Gasteiger partial charge on any atom is 0.228 e. The Morgan fingerprint density at radius 2 is 1.69 bits per heavy atom. The lowest BCUT2D eigenvalue weighted by molar-refractivity contribution is -0.242. The monoisotopic (exact) mass is 402 g/mol. The largest absolute Gasteiger partial charge is 0.508 e. The highest BCUT2D eigenvalue weighted by molar-refractivity contribution is 5.86. The fraction of sp³-hybridized carbons (Fsp3) is 0.250. The van der Waals surface area contributed by atoms with Crippen molar-refractivity contribution in [2.45, 2.75) is 24.6 Å². The normalized spacial score (nSPS) is 24.5. The number of rotatable bonds is 3. The van der Waals surface area contributed by atoms with Crippen LogP contribution in [0.25, 0.3) is 22.3 Å². The van der Waals surface area contributed by atoms with Crippen LogP contribution in [0.3, 0.4) is 0 Å². The summed E-state index contributed by atoms with van der Waals surface area (Å²) < 4.78 is 16.4. The predicted molar refractivity (Wildman–Crippen MR) is 99.6 cm³/mol. The van der Waals surface area contributed by atoms with Crippen molar-refractivity contribution >= 4 is 11.0 Å². The van der Waals surface area contributed by atoms with Crippen LogP contribution >= 0.6 is 0 Å². The molecule has 0 unspecified atom stereocenters.